The van der Waals surface area contributed by atoms with Crippen LogP contribution in [0.2, 0.25) is 10.0 Å². The van der Waals surface area contributed by atoms with Crippen molar-refractivity contribution in [2.75, 3.05) is 13.7 Å². The van der Waals surface area contributed by atoms with Crippen molar-refractivity contribution in [1.29, 1.82) is 0 Å². The molecule has 0 unspecified atom stereocenters. The fourth-order valence-corrected chi connectivity index (χ4v) is 2.41. The molecule has 5 heteroatoms. The molecule has 2 rings (SSSR count). The predicted octanol–water partition coefficient (Wildman–Crippen LogP) is 4.08. The third kappa shape index (κ3) is 4.27. The molecule has 0 heterocycles. The highest BCUT2D eigenvalue weighted by Gasteiger charge is 2.08. The van der Waals surface area contributed by atoms with Crippen molar-refractivity contribution in [2.45, 2.75) is 13.0 Å². The van der Waals surface area contributed by atoms with Crippen molar-refractivity contribution < 1.29 is 9.47 Å². The Bertz CT molecular complexity index is 617. The standard InChI is InChI=1S/C16H17Cl2NO2/c1-20-16-8-11(6-7-19)2-5-15(16)21-10-12-3-4-13(17)9-14(12)18/h2-5,8-9H,6-7,10,19H2,1H3. The SMILES string of the molecule is COc1cc(CCN)ccc1OCc1ccc(Cl)cc1Cl. The van der Waals surface area contributed by atoms with E-state index in [1.807, 2.05) is 24.3 Å². The van der Waals surface area contributed by atoms with Gasteiger partial charge in [0.1, 0.15) is 6.61 Å². The molecule has 21 heavy (non-hydrogen) atoms. The van der Waals surface area contributed by atoms with Gasteiger partial charge < -0.3 is 15.2 Å². The van der Waals surface area contributed by atoms with E-state index in [0.29, 0.717) is 34.7 Å². The number of methoxy groups -OCH3 is 1. The summed E-state index contributed by atoms with van der Waals surface area (Å²) in [5, 5.41) is 1.19. The molecule has 0 fully saturated rings. The molecular weight excluding hydrogens is 309 g/mol. The van der Waals surface area contributed by atoms with Crippen molar-refractivity contribution >= 4 is 23.2 Å². The van der Waals surface area contributed by atoms with Crippen molar-refractivity contribution in [1.82, 2.24) is 0 Å². The van der Waals surface area contributed by atoms with Crippen molar-refractivity contribution in [3.63, 3.8) is 0 Å². The van der Waals surface area contributed by atoms with Gasteiger partial charge in [-0.3, -0.25) is 0 Å². The van der Waals surface area contributed by atoms with Crippen molar-refractivity contribution in [3.8, 4) is 11.5 Å². The third-order valence-electron chi connectivity index (χ3n) is 3.06. The van der Waals surface area contributed by atoms with Gasteiger partial charge in [0.05, 0.1) is 7.11 Å². The monoisotopic (exact) mass is 325 g/mol. The molecule has 2 aromatic carbocycles. The topological polar surface area (TPSA) is 44.5 Å². The number of rotatable bonds is 6. The van der Waals surface area contributed by atoms with Gasteiger partial charge >= 0.3 is 0 Å². The Balaban J connectivity index is 2.12. The van der Waals surface area contributed by atoms with Crippen molar-refractivity contribution in [2.24, 2.45) is 5.73 Å². The van der Waals surface area contributed by atoms with Gasteiger partial charge in [-0.25, -0.2) is 0 Å². The minimum absolute atomic E-state index is 0.350. The van der Waals surface area contributed by atoms with Crippen LogP contribution in [-0.4, -0.2) is 13.7 Å². The average molecular weight is 326 g/mol. The predicted molar refractivity (Wildman–Crippen MR) is 86.5 cm³/mol. The van der Waals surface area contributed by atoms with Crippen LogP contribution in [0.5, 0.6) is 11.5 Å². The van der Waals surface area contributed by atoms with Crippen LogP contribution in [0.4, 0.5) is 0 Å². The Morgan fingerprint density at radius 1 is 1.05 bits per heavy atom. The van der Waals surface area contributed by atoms with E-state index >= 15 is 0 Å². The molecule has 0 radical (unpaired) electrons. The van der Waals surface area contributed by atoms with Crippen LogP contribution >= 0.6 is 23.2 Å². The van der Waals surface area contributed by atoms with Gasteiger partial charge in [-0.05, 0) is 42.8 Å². The van der Waals surface area contributed by atoms with Crippen molar-refractivity contribution in [3.05, 3.63) is 57.6 Å². The Kier molecular flexibility index (Phi) is 5.74. The van der Waals surface area contributed by atoms with E-state index in [0.717, 1.165) is 17.5 Å². The zero-order valence-corrected chi connectivity index (χ0v) is 13.2. The van der Waals surface area contributed by atoms with E-state index in [2.05, 4.69) is 0 Å². The Morgan fingerprint density at radius 2 is 1.86 bits per heavy atom. The lowest BCUT2D eigenvalue weighted by atomic mass is 10.1. The van der Waals surface area contributed by atoms with Crippen LogP contribution in [0.1, 0.15) is 11.1 Å². The Morgan fingerprint density at radius 3 is 2.52 bits per heavy atom. The van der Waals surface area contributed by atoms with Crippen LogP contribution in [-0.2, 0) is 13.0 Å². The maximum Gasteiger partial charge on any atom is 0.161 e. The lowest BCUT2D eigenvalue weighted by molar-refractivity contribution is 0.284. The summed E-state index contributed by atoms with van der Waals surface area (Å²) in [6, 6.07) is 11.1. The summed E-state index contributed by atoms with van der Waals surface area (Å²) in [7, 11) is 1.61. The fraction of sp³-hybridized carbons (Fsp3) is 0.250. The van der Waals surface area contributed by atoms with Gasteiger partial charge in [0.15, 0.2) is 11.5 Å². The van der Waals surface area contributed by atoms with E-state index < -0.39 is 0 Å². The summed E-state index contributed by atoms with van der Waals surface area (Å²) < 4.78 is 11.1. The van der Waals surface area contributed by atoms with Gasteiger partial charge in [0.25, 0.3) is 0 Å². The number of benzene rings is 2. The van der Waals surface area contributed by atoms with Gasteiger partial charge in [-0.2, -0.15) is 0 Å². The van der Waals surface area contributed by atoms with Crippen LogP contribution < -0.4 is 15.2 Å². The molecule has 0 saturated heterocycles. The summed E-state index contributed by atoms with van der Waals surface area (Å²) in [6.07, 6.45) is 0.805. The average Bonchev–Trinajstić information content (AvgIpc) is 2.47. The molecule has 0 spiro atoms. The van der Waals surface area contributed by atoms with E-state index in [1.54, 1.807) is 19.2 Å². The van der Waals surface area contributed by atoms with E-state index in [1.165, 1.54) is 0 Å². The van der Waals surface area contributed by atoms with E-state index in [9.17, 15) is 0 Å². The maximum absolute atomic E-state index is 6.13. The Hall–Kier alpha value is -1.42. The molecular formula is C16H17Cl2NO2. The second-order valence-corrected chi connectivity index (χ2v) is 5.39. The molecule has 0 aliphatic carbocycles. The minimum Gasteiger partial charge on any atom is -0.493 e. The summed E-state index contributed by atoms with van der Waals surface area (Å²) in [5.74, 6) is 1.36. The zero-order chi connectivity index (χ0) is 15.2. The number of hydrogen-bond donors (Lipinski definition) is 1. The van der Waals surface area contributed by atoms with Gasteiger partial charge in [-0.15, -0.1) is 0 Å². The second-order valence-electron chi connectivity index (χ2n) is 4.55. The maximum atomic E-state index is 6.13. The molecule has 3 nitrogen and oxygen atoms in total. The number of nitrogens with two attached hydrogens (primary N) is 1. The minimum atomic E-state index is 0.350. The van der Waals surface area contributed by atoms with Gasteiger partial charge in [0, 0.05) is 15.6 Å². The highest BCUT2D eigenvalue weighted by Crippen LogP contribution is 2.30. The van der Waals surface area contributed by atoms with Gasteiger partial charge in [-0.1, -0.05) is 35.3 Å². The smallest absolute Gasteiger partial charge is 0.161 e. The molecule has 0 bridgehead atoms. The highest BCUT2D eigenvalue weighted by atomic mass is 35.5. The zero-order valence-electron chi connectivity index (χ0n) is 11.7. The molecule has 0 atom stereocenters. The van der Waals surface area contributed by atoms with Crippen LogP contribution in [0.3, 0.4) is 0 Å². The van der Waals surface area contributed by atoms with Gasteiger partial charge in [0.2, 0.25) is 0 Å². The molecule has 0 aliphatic rings. The van der Waals surface area contributed by atoms with Crippen LogP contribution in [0.25, 0.3) is 0 Å². The molecule has 112 valence electrons. The molecule has 0 aromatic heterocycles. The van der Waals surface area contributed by atoms with E-state index in [4.69, 9.17) is 38.4 Å². The molecule has 0 amide bonds. The highest BCUT2D eigenvalue weighted by molar-refractivity contribution is 6.35. The lowest BCUT2D eigenvalue weighted by Crippen LogP contribution is -2.03. The first kappa shape index (κ1) is 16.0. The Labute approximate surface area is 134 Å². The van der Waals surface area contributed by atoms with Crippen LogP contribution in [0, 0.1) is 0 Å². The van der Waals surface area contributed by atoms with E-state index in [-0.39, 0.29) is 0 Å². The summed E-state index contributed by atoms with van der Waals surface area (Å²) in [4.78, 5) is 0. The largest absolute Gasteiger partial charge is 0.493 e. The molecule has 0 saturated carbocycles. The second kappa shape index (κ2) is 7.55. The summed E-state index contributed by atoms with van der Waals surface area (Å²) in [6.45, 7) is 0.951. The molecule has 0 aliphatic heterocycles. The number of ether oxygens (including phenoxy) is 2. The summed E-state index contributed by atoms with van der Waals surface area (Å²) in [5.41, 5.74) is 7.54. The first-order chi connectivity index (χ1) is 10.1. The lowest BCUT2D eigenvalue weighted by Gasteiger charge is -2.13. The quantitative estimate of drug-likeness (QED) is 0.870. The molecule has 2 aromatic rings. The number of halogens is 2. The first-order valence-electron chi connectivity index (χ1n) is 6.57. The summed E-state index contributed by atoms with van der Waals surface area (Å²) >= 11 is 12.0. The third-order valence-corrected chi connectivity index (χ3v) is 3.65. The first-order valence-corrected chi connectivity index (χ1v) is 7.33. The molecule has 2 N–H and O–H groups in total. The van der Waals surface area contributed by atoms with Crippen LogP contribution in [0.15, 0.2) is 36.4 Å². The number of hydrogen-bond acceptors (Lipinski definition) is 3. The fourth-order valence-electron chi connectivity index (χ4n) is 1.95. The normalized spacial score (nSPS) is 10.5.